The van der Waals surface area contributed by atoms with E-state index in [0.717, 1.165) is 5.92 Å². The molecule has 2 aliphatic rings. The Morgan fingerprint density at radius 2 is 2.00 bits per heavy atom. The number of hydrogen-bond donors (Lipinski definition) is 0. The first-order valence-corrected chi connectivity index (χ1v) is 6.91. The van der Waals surface area contributed by atoms with Gasteiger partial charge in [-0.1, -0.05) is 32.1 Å². The maximum atomic E-state index is 2.62. The summed E-state index contributed by atoms with van der Waals surface area (Å²) in [6.45, 7) is 2.72. The molecule has 0 radical (unpaired) electrons. The minimum absolute atomic E-state index is 1.07. The molecule has 0 aromatic rings. The van der Waals surface area contributed by atoms with Gasteiger partial charge in [-0.3, -0.25) is 4.90 Å². The maximum absolute atomic E-state index is 2.62. The highest BCUT2D eigenvalue weighted by Gasteiger charge is 2.16. The fourth-order valence-corrected chi connectivity index (χ4v) is 3.50. The van der Waals surface area contributed by atoms with Crippen molar-refractivity contribution in [2.75, 3.05) is 24.7 Å². The van der Waals surface area contributed by atoms with E-state index >= 15 is 0 Å². The van der Waals surface area contributed by atoms with Gasteiger partial charge in [0.05, 0.1) is 0 Å². The molecule has 2 fully saturated rings. The first kappa shape index (κ1) is 9.85. The quantitative estimate of drug-likeness (QED) is 0.687. The predicted molar refractivity (Wildman–Crippen MR) is 60.1 cm³/mol. The monoisotopic (exact) mass is 199 g/mol. The topological polar surface area (TPSA) is 3.24 Å². The van der Waals surface area contributed by atoms with Crippen molar-refractivity contribution in [1.29, 1.82) is 0 Å². The van der Waals surface area contributed by atoms with E-state index in [1.54, 1.807) is 0 Å². The van der Waals surface area contributed by atoms with Crippen LogP contribution >= 0.6 is 11.8 Å². The van der Waals surface area contributed by atoms with Crippen molar-refractivity contribution in [3.8, 4) is 0 Å². The van der Waals surface area contributed by atoms with Crippen LogP contribution in [-0.4, -0.2) is 29.6 Å². The zero-order chi connectivity index (χ0) is 8.93. The third-order valence-corrected chi connectivity index (χ3v) is 4.42. The van der Waals surface area contributed by atoms with Gasteiger partial charge in [-0.2, -0.15) is 0 Å². The molecule has 0 spiro atoms. The second-order valence-electron chi connectivity index (χ2n) is 4.45. The van der Waals surface area contributed by atoms with Crippen LogP contribution in [0.25, 0.3) is 0 Å². The van der Waals surface area contributed by atoms with E-state index in [1.807, 2.05) is 0 Å². The van der Waals surface area contributed by atoms with Crippen LogP contribution in [0.3, 0.4) is 0 Å². The summed E-state index contributed by atoms with van der Waals surface area (Å²) < 4.78 is 0. The van der Waals surface area contributed by atoms with E-state index in [1.165, 1.54) is 63.2 Å². The van der Waals surface area contributed by atoms with Crippen molar-refractivity contribution >= 4 is 11.8 Å². The molecule has 1 aliphatic heterocycles. The van der Waals surface area contributed by atoms with E-state index in [4.69, 9.17) is 0 Å². The Labute approximate surface area is 86.3 Å². The molecule has 0 bridgehead atoms. The van der Waals surface area contributed by atoms with Gasteiger partial charge >= 0.3 is 0 Å². The molecule has 1 aliphatic carbocycles. The van der Waals surface area contributed by atoms with Crippen LogP contribution in [-0.2, 0) is 0 Å². The Bertz CT molecular complexity index is 137. The molecule has 1 heterocycles. The van der Waals surface area contributed by atoms with Crippen LogP contribution in [0.4, 0.5) is 0 Å². The van der Waals surface area contributed by atoms with Crippen LogP contribution < -0.4 is 0 Å². The van der Waals surface area contributed by atoms with Crippen molar-refractivity contribution in [1.82, 2.24) is 4.90 Å². The van der Waals surface area contributed by atoms with E-state index in [9.17, 15) is 0 Å². The van der Waals surface area contributed by atoms with Gasteiger partial charge in [-0.25, -0.2) is 0 Å². The molecule has 0 unspecified atom stereocenters. The third-order valence-electron chi connectivity index (χ3n) is 3.40. The SMILES string of the molecule is C1CCC(CCN2CCSC2)CC1. The molecule has 76 valence electrons. The van der Waals surface area contributed by atoms with Gasteiger partial charge in [0.2, 0.25) is 0 Å². The molecule has 0 amide bonds. The molecule has 1 nitrogen and oxygen atoms in total. The highest BCUT2D eigenvalue weighted by atomic mass is 32.2. The second-order valence-corrected chi connectivity index (χ2v) is 5.52. The third kappa shape index (κ3) is 3.17. The van der Waals surface area contributed by atoms with Crippen LogP contribution in [0.5, 0.6) is 0 Å². The molecule has 1 saturated carbocycles. The van der Waals surface area contributed by atoms with Crippen LogP contribution in [0.2, 0.25) is 0 Å². The minimum atomic E-state index is 1.07. The van der Waals surface area contributed by atoms with Crippen molar-refractivity contribution in [3.63, 3.8) is 0 Å². The molecular formula is C11H21NS. The fourth-order valence-electron chi connectivity index (χ4n) is 2.47. The van der Waals surface area contributed by atoms with E-state index < -0.39 is 0 Å². The van der Waals surface area contributed by atoms with Crippen LogP contribution in [0, 0.1) is 5.92 Å². The molecule has 0 aromatic heterocycles. The van der Waals surface area contributed by atoms with Crippen LogP contribution in [0.1, 0.15) is 38.5 Å². The molecule has 0 aromatic carbocycles. The standard InChI is InChI=1S/C11H21NS/c1-2-4-11(5-3-1)6-7-12-8-9-13-10-12/h11H,1-10H2. The van der Waals surface area contributed by atoms with Gasteiger partial charge in [0, 0.05) is 18.2 Å². The van der Waals surface area contributed by atoms with Gasteiger partial charge in [0.25, 0.3) is 0 Å². The molecule has 2 rings (SSSR count). The number of nitrogens with zero attached hydrogens (tertiary/aromatic N) is 1. The molecule has 0 atom stereocenters. The lowest BCUT2D eigenvalue weighted by molar-refractivity contribution is 0.273. The Balaban J connectivity index is 1.60. The lowest BCUT2D eigenvalue weighted by Gasteiger charge is -2.23. The summed E-state index contributed by atoms with van der Waals surface area (Å²) in [5.41, 5.74) is 0. The second kappa shape index (κ2) is 5.26. The number of rotatable bonds is 3. The summed E-state index contributed by atoms with van der Waals surface area (Å²) in [5.74, 6) is 3.73. The van der Waals surface area contributed by atoms with E-state index in [0.29, 0.717) is 0 Å². The van der Waals surface area contributed by atoms with Crippen molar-refractivity contribution in [2.45, 2.75) is 38.5 Å². The van der Waals surface area contributed by atoms with Crippen LogP contribution in [0.15, 0.2) is 0 Å². The number of thioether (sulfide) groups is 1. The summed E-state index contributed by atoms with van der Waals surface area (Å²) in [4.78, 5) is 2.62. The Morgan fingerprint density at radius 3 is 2.69 bits per heavy atom. The largest absolute Gasteiger partial charge is 0.293 e. The van der Waals surface area contributed by atoms with Crippen molar-refractivity contribution in [3.05, 3.63) is 0 Å². The summed E-state index contributed by atoms with van der Waals surface area (Å²) in [6.07, 6.45) is 9.00. The average molecular weight is 199 g/mol. The summed E-state index contributed by atoms with van der Waals surface area (Å²) in [6, 6.07) is 0. The van der Waals surface area contributed by atoms with Gasteiger partial charge in [-0.15, -0.1) is 11.8 Å². The Hall–Kier alpha value is 0.310. The van der Waals surface area contributed by atoms with Gasteiger partial charge in [-0.05, 0) is 18.9 Å². The summed E-state index contributed by atoms with van der Waals surface area (Å²) in [5, 5.41) is 0. The normalized spacial score (nSPS) is 26.8. The van der Waals surface area contributed by atoms with E-state index in [2.05, 4.69) is 16.7 Å². The first-order valence-electron chi connectivity index (χ1n) is 5.75. The maximum Gasteiger partial charge on any atom is 0.0445 e. The lowest BCUT2D eigenvalue weighted by atomic mass is 9.87. The van der Waals surface area contributed by atoms with Crippen molar-refractivity contribution < 1.29 is 0 Å². The Morgan fingerprint density at radius 1 is 1.15 bits per heavy atom. The average Bonchev–Trinajstić information content (AvgIpc) is 2.69. The van der Waals surface area contributed by atoms with Crippen molar-refractivity contribution in [2.24, 2.45) is 5.92 Å². The zero-order valence-electron chi connectivity index (χ0n) is 8.50. The lowest BCUT2D eigenvalue weighted by Crippen LogP contribution is -2.23. The Kier molecular flexibility index (Phi) is 3.98. The highest BCUT2D eigenvalue weighted by molar-refractivity contribution is 7.99. The first-order chi connectivity index (χ1) is 6.45. The van der Waals surface area contributed by atoms with E-state index in [-0.39, 0.29) is 0 Å². The predicted octanol–water partition coefficient (Wildman–Crippen LogP) is 2.96. The number of hydrogen-bond acceptors (Lipinski definition) is 2. The zero-order valence-corrected chi connectivity index (χ0v) is 9.32. The molecular weight excluding hydrogens is 178 g/mol. The molecule has 0 N–H and O–H groups in total. The molecule has 13 heavy (non-hydrogen) atoms. The molecule has 2 heteroatoms. The smallest absolute Gasteiger partial charge is 0.0445 e. The minimum Gasteiger partial charge on any atom is -0.293 e. The van der Waals surface area contributed by atoms with Gasteiger partial charge < -0.3 is 0 Å². The fraction of sp³-hybridized carbons (Fsp3) is 1.00. The van der Waals surface area contributed by atoms with Gasteiger partial charge in [0.15, 0.2) is 0 Å². The van der Waals surface area contributed by atoms with Gasteiger partial charge in [0.1, 0.15) is 0 Å². The molecule has 1 saturated heterocycles. The summed E-state index contributed by atoms with van der Waals surface area (Å²) in [7, 11) is 0. The summed E-state index contributed by atoms with van der Waals surface area (Å²) >= 11 is 2.09. The highest BCUT2D eigenvalue weighted by Crippen LogP contribution is 2.27.